The van der Waals surface area contributed by atoms with Gasteiger partial charge in [-0.3, -0.25) is 4.79 Å². The lowest BCUT2D eigenvalue weighted by Gasteiger charge is -2.17. The molecule has 3 aromatic rings. The normalized spacial score (nSPS) is 13.0. The van der Waals surface area contributed by atoms with Gasteiger partial charge in [-0.25, -0.2) is 0 Å². The van der Waals surface area contributed by atoms with Crippen molar-refractivity contribution >= 4 is 22.6 Å². The molecule has 0 N–H and O–H groups in total. The Bertz CT molecular complexity index is 867. The van der Waals surface area contributed by atoms with Gasteiger partial charge in [0, 0.05) is 17.6 Å². The third-order valence-corrected chi connectivity index (χ3v) is 4.06. The number of allylic oxidation sites excluding steroid dienone is 1. The number of hydrogen-bond acceptors (Lipinski definition) is 1. The molecule has 0 saturated carbocycles. The van der Waals surface area contributed by atoms with Crippen molar-refractivity contribution in [3.8, 4) is 0 Å². The molecule has 0 amide bonds. The van der Waals surface area contributed by atoms with Crippen molar-refractivity contribution in [3.05, 3.63) is 89.0 Å². The molecular weight excluding hydrogens is 256 g/mol. The molecule has 0 radical (unpaired) electrons. The summed E-state index contributed by atoms with van der Waals surface area (Å²) in [5.41, 5.74) is 4.02. The fraction of sp³-hybridized carbons (Fsp3) is 0.0500. The number of ketones is 1. The number of benzene rings is 3. The van der Waals surface area contributed by atoms with Crippen LogP contribution in [0.2, 0.25) is 0 Å². The van der Waals surface area contributed by atoms with Gasteiger partial charge in [-0.2, -0.15) is 0 Å². The monoisotopic (exact) mass is 270 g/mol. The fourth-order valence-electron chi connectivity index (χ4n) is 3.08. The van der Waals surface area contributed by atoms with Crippen LogP contribution in [0.1, 0.15) is 21.5 Å². The first-order chi connectivity index (χ1) is 10.3. The zero-order chi connectivity index (χ0) is 14.2. The maximum atomic E-state index is 12.7. The van der Waals surface area contributed by atoms with E-state index in [2.05, 4.69) is 30.3 Å². The standard InChI is InChI=1S/C20H14O/c21-20(15-6-2-1-3-7-15)18-12-16-10-4-8-14-9-5-11-17(13-18)19(14)16/h1-12H,13H2. The maximum Gasteiger partial charge on any atom is 0.189 e. The van der Waals surface area contributed by atoms with Crippen molar-refractivity contribution in [1.29, 1.82) is 0 Å². The van der Waals surface area contributed by atoms with Gasteiger partial charge >= 0.3 is 0 Å². The smallest absolute Gasteiger partial charge is 0.189 e. The highest BCUT2D eigenvalue weighted by molar-refractivity contribution is 6.14. The van der Waals surface area contributed by atoms with E-state index in [-0.39, 0.29) is 5.78 Å². The van der Waals surface area contributed by atoms with Gasteiger partial charge in [-0.15, -0.1) is 0 Å². The first kappa shape index (κ1) is 12.1. The Morgan fingerprint density at radius 3 is 2.38 bits per heavy atom. The highest BCUT2D eigenvalue weighted by Crippen LogP contribution is 2.32. The van der Waals surface area contributed by atoms with Crippen molar-refractivity contribution in [2.45, 2.75) is 6.42 Å². The Morgan fingerprint density at radius 2 is 1.57 bits per heavy atom. The van der Waals surface area contributed by atoms with Gasteiger partial charge in [0.25, 0.3) is 0 Å². The molecule has 1 aliphatic carbocycles. The minimum absolute atomic E-state index is 0.127. The van der Waals surface area contributed by atoms with Crippen molar-refractivity contribution in [1.82, 2.24) is 0 Å². The van der Waals surface area contributed by atoms with Gasteiger partial charge in [-0.05, 0) is 28.0 Å². The van der Waals surface area contributed by atoms with E-state index >= 15 is 0 Å². The van der Waals surface area contributed by atoms with Crippen molar-refractivity contribution in [2.24, 2.45) is 0 Å². The molecule has 100 valence electrons. The number of rotatable bonds is 2. The molecule has 0 spiro atoms. The Morgan fingerprint density at radius 1 is 0.810 bits per heavy atom. The van der Waals surface area contributed by atoms with Crippen molar-refractivity contribution in [2.75, 3.05) is 0 Å². The quantitative estimate of drug-likeness (QED) is 0.619. The van der Waals surface area contributed by atoms with Crippen molar-refractivity contribution in [3.63, 3.8) is 0 Å². The summed E-state index contributed by atoms with van der Waals surface area (Å²) in [6.45, 7) is 0. The van der Waals surface area contributed by atoms with Crippen LogP contribution in [0.4, 0.5) is 0 Å². The summed E-state index contributed by atoms with van der Waals surface area (Å²) in [6.07, 6.45) is 2.76. The van der Waals surface area contributed by atoms with Crippen LogP contribution in [-0.2, 0) is 6.42 Å². The molecule has 0 bridgehead atoms. The van der Waals surface area contributed by atoms with Gasteiger partial charge in [0.2, 0.25) is 0 Å². The van der Waals surface area contributed by atoms with E-state index in [0.717, 1.165) is 16.7 Å². The molecule has 0 aromatic heterocycles. The van der Waals surface area contributed by atoms with E-state index < -0.39 is 0 Å². The summed E-state index contributed by atoms with van der Waals surface area (Å²) in [5.74, 6) is 0.127. The molecule has 1 aliphatic rings. The summed E-state index contributed by atoms with van der Waals surface area (Å²) in [7, 11) is 0. The second-order valence-corrected chi connectivity index (χ2v) is 5.40. The van der Waals surface area contributed by atoms with Crippen LogP contribution in [-0.4, -0.2) is 5.78 Å². The molecular formula is C20H14O. The van der Waals surface area contributed by atoms with Gasteiger partial charge < -0.3 is 0 Å². The van der Waals surface area contributed by atoms with Crippen molar-refractivity contribution < 1.29 is 4.79 Å². The molecule has 0 atom stereocenters. The predicted molar refractivity (Wildman–Crippen MR) is 86.4 cm³/mol. The van der Waals surface area contributed by atoms with E-state index in [4.69, 9.17) is 0 Å². The van der Waals surface area contributed by atoms with Gasteiger partial charge in [-0.1, -0.05) is 66.7 Å². The Hall–Kier alpha value is -2.67. The zero-order valence-corrected chi connectivity index (χ0v) is 11.5. The van der Waals surface area contributed by atoms with Crippen LogP contribution in [0.15, 0.2) is 72.3 Å². The number of hydrogen-bond donors (Lipinski definition) is 0. The number of Topliss-reactive ketones (excluding diaryl/α,β-unsaturated/α-hetero) is 1. The summed E-state index contributed by atoms with van der Waals surface area (Å²) in [5, 5.41) is 2.53. The van der Waals surface area contributed by atoms with Crippen LogP contribution in [0, 0.1) is 0 Å². The topological polar surface area (TPSA) is 17.1 Å². The molecule has 1 nitrogen and oxygen atoms in total. The van der Waals surface area contributed by atoms with Crippen LogP contribution in [0.5, 0.6) is 0 Å². The summed E-state index contributed by atoms with van der Waals surface area (Å²) < 4.78 is 0. The Kier molecular flexibility index (Phi) is 2.71. The van der Waals surface area contributed by atoms with E-state index in [0.29, 0.717) is 6.42 Å². The molecule has 4 rings (SSSR count). The number of carbonyl (C=O) groups is 1. The minimum Gasteiger partial charge on any atom is -0.289 e. The van der Waals surface area contributed by atoms with Gasteiger partial charge in [0.05, 0.1) is 0 Å². The minimum atomic E-state index is 0.127. The van der Waals surface area contributed by atoms with Crippen LogP contribution >= 0.6 is 0 Å². The second-order valence-electron chi connectivity index (χ2n) is 5.40. The van der Waals surface area contributed by atoms with Crippen LogP contribution in [0.25, 0.3) is 16.8 Å². The molecule has 0 unspecified atom stereocenters. The molecule has 0 fully saturated rings. The highest BCUT2D eigenvalue weighted by atomic mass is 16.1. The van der Waals surface area contributed by atoms with Gasteiger partial charge in [0.15, 0.2) is 5.78 Å². The summed E-state index contributed by atoms with van der Waals surface area (Å²) in [6, 6.07) is 22.1. The summed E-state index contributed by atoms with van der Waals surface area (Å²) in [4.78, 5) is 12.7. The zero-order valence-electron chi connectivity index (χ0n) is 11.5. The average molecular weight is 270 g/mol. The molecule has 0 heterocycles. The fourth-order valence-corrected chi connectivity index (χ4v) is 3.08. The Labute approximate surface area is 123 Å². The molecule has 0 aliphatic heterocycles. The third-order valence-electron chi connectivity index (χ3n) is 4.06. The molecule has 3 aromatic carbocycles. The van der Waals surface area contributed by atoms with E-state index in [1.165, 1.54) is 16.3 Å². The lowest BCUT2D eigenvalue weighted by atomic mass is 9.86. The molecule has 0 saturated heterocycles. The largest absolute Gasteiger partial charge is 0.289 e. The van der Waals surface area contributed by atoms with E-state index in [1.54, 1.807) is 0 Å². The third kappa shape index (κ3) is 1.98. The number of carbonyl (C=O) groups excluding carboxylic acids is 1. The van der Waals surface area contributed by atoms with E-state index in [9.17, 15) is 4.79 Å². The molecule has 1 heteroatoms. The SMILES string of the molecule is O=C(C1=Cc2cccc3cccc(c23)C1)c1ccccc1. The first-order valence-electron chi connectivity index (χ1n) is 7.14. The average Bonchev–Trinajstić information content (AvgIpc) is 2.55. The lowest BCUT2D eigenvalue weighted by Crippen LogP contribution is -2.09. The summed E-state index contributed by atoms with van der Waals surface area (Å²) >= 11 is 0. The van der Waals surface area contributed by atoms with Crippen LogP contribution in [0.3, 0.4) is 0 Å². The van der Waals surface area contributed by atoms with Gasteiger partial charge in [0.1, 0.15) is 0 Å². The maximum absolute atomic E-state index is 12.7. The Balaban J connectivity index is 1.85. The molecule has 21 heavy (non-hydrogen) atoms. The first-order valence-corrected chi connectivity index (χ1v) is 7.14. The second kappa shape index (κ2) is 4.71. The highest BCUT2D eigenvalue weighted by Gasteiger charge is 2.18. The predicted octanol–water partition coefficient (Wildman–Crippen LogP) is 4.66. The van der Waals surface area contributed by atoms with E-state index in [1.807, 2.05) is 42.5 Å². The van der Waals surface area contributed by atoms with Crippen LogP contribution < -0.4 is 0 Å². The lowest BCUT2D eigenvalue weighted by molar-refractivity contribution is 0.103.